The van der Waals surface area contributed by atoms with E-state index in [1.165, 1.54) is 16.8 Å². The first-order valence-corrected chi connectivity index (χ1v) is 5.76. The summed E-state index contributed by atoms with van der Waals surface area (Å²) in [5, 5.41) is 0. The predicted octanol–water partition coefficient (Wildman–Crippen LogP) is 2.55. The van der Waals surface area contributed by atoms with Gasteiger partial charge in [0.15, 0.2) is 0 Å². The number of hydrogen-bond acceptors (Lipinski definition) is 2. The molecule has 0 bridgehead atoms. The highest BCUT2D eigenvalue weighted by Crippen LogP contribution is 2.05. The van der Waals surface area contributed by atoms with E-state index in [2.05, 4.69) is 29.2 Å². The van der Waals surface area contributed by atoms with E-state index in [1.807, 2.05) is 37.4 Å². The average Bonchev–Trinajstić information content (AvgIpc) is 2.65. The molecule has 0 atom stereocenters. The minimum Gasteiger partial charge on any atom is -0.353 e. The van der Waals surface area contributed by atoms with Gasteiger partial charge in [-0.15, -0.1) is 0 Å². The number of hydroxylamine groups is 1. The van der Waals surface area contributed by atoms with Crippen molar-refractivity contribution < 1.29 is 4.84 Å². The SMILES string of the molecule is Cc1cc(CNOCc2ccccc2)n(C)c1. The maximum Gasteiger partial charge on any atom is 0.0933 e. The molecule has 90 valence electrons. The lowest BCUT2D eigenvalue weighted by Crippen LogP contribution is -2.15. The maximum atomic E-state index is 5.42. The molecule has 2 rings (SSSR count). The van der Waals surface area contributed by atoms with Crippen LogP contribution in [0.3, 0.4) is 0 Å². The van der Waals surface area contributed by atoms with Gasteiger partial charge in [0.05, 0.1) is 13.2 Å². The lowest BCUT2D eigenvalue weighted by molar-refractivity contribution is 0.0224. The van der Waals surface area contributed by atoms with Crippen molar-refractivity contribution in [3.8, 4) is 0 Å². The van der Waals surface area contributed by atoms with E-state index in [1.54, 1.807) is 0 Å². The molecule has 0 saturated carbocycles. The highest BCUT2D eigenvalue weighted by Gasteiger charge is 1.99. The molecule has 0 amide bonds. The Bertz CT molecular complexity index is 462. The summed E-state index contributed by atoms with van der Waals surface area (Å²) in [5.74, 6) is 0. The zero-order valence-electron chi connectivity index (χ0n) is 10.3. The maximum absolute atomic E-state index is 5.42. The van der Waals surface area contributed by atoms with Gasteiger partial charge in [-0.25, -0.2) is 0 Å². The minimum absolute atomic E-state index is 0.588. The van der Waals surface area contributed by atoms with Crippen LogP contribution >= 0.6 is 0 Å². The van der Waals surface area contributed by atoms with Crippen LogP contribution in [-0.2, 0) is 25.0 Å². The zero-order chi connectivity index (χ0) is 12.1. The second-order valence-corrected chi connectivity index (χ2v) is 4.22. The fraction of sp³-hybridized carbons (Fsp3) is 0.286. The molecule has 1 aromatic carbocycles. The number of nitrogens with one attached hydrogen (secondary N) is 1. The van der Waals surface area contributed by atoms with Crippen LogP contribution in [0.1, 0.15) is 16.8 Å². The Morgan fingerprint density at radius 1 is 1.24 bits per heavy atom. The van der Waals surface area contributed by atoms with Gasteiger partial charge in [-0.3, -0.25) is 4.84 Å². The first-order chi connectivity index (χ1) is 8.25. The van der Waals surface area contributed by atoms with Gasteiger partial charge in [0.25, 0.3) is 0 Å². The summed E-state index contributed by atoms with van der Waals surface area (Å²) in [5.41, 5.74) is 6.64. The Morgan fingerprint density at radius 3 is 2.65 bits per heavy atom. The first-order valence-electron chi connectivity index (χ1n) is 5.76. The molecule has 1 aromatic heterocycles. The van der Waals surface area contributed by atoms with E-state index in [0.717, 1.165) is 6.54 Å². The van der Waals surface area contributed by atoms with E-state index in [-0.39, 0.29) is 0 Å². The Balaban J connectivity index is 1.75. The van der Waals surface area contributed by atoms with Gasteiger partial charge in [0.2, 0.25) is 0 Å². The van der Waals surface area contributed by atoms with Crippen molar-refractivity contribution in [1.29, 1.82) is 0 Å². The Morgan fingerprint density at radius 2 is 2.00 bits per heavy atom. The number of benzene rings is 1. The van der Waals surface area contributed by atoms with Crippen LogP contribution in [0.2, 0.25) is 0 Å². The van der Waals surface area contributed by atoms with Crippen molar-refractivity contribution in [3.05, 3.63) is 59.4 Å². The van der Waals surface area contributed by atoms with Crippen molar-refractivity contribution in [3.63, 3.8) is 0 Å². The van der Waals surface area contributed by atoms with Crippen molar-refractivity contribution in [1.82, 2.24) is 10.0 Å². The molecule has 0 aliphatic carbocycles. The number of hydrogen-bond donors (Lipinski definition) is 1. The average molecular weight is 230 g/mol. The van der Waals surface area contributed by atoms with Crippen LogP contribution in [-0.4, -0.2) is 4.57 Å². The van der Waals surface area contributed by atoms with Gasteiger partial charge < -0.3 is 4.57 Å². The molecule has 0 aliphatic heterocycles. The molecule has 0 saturated heterocycles. The summed E-state index contributed by atoms with van der Waals surface area (Å²) in [7, 11) is 2.04. The number of nitrogens with zero attached hydrogens (tertiary/aromatic N) is 1. The van der Waals surface area contributed by atoms with Crippen molar-refractivity contribution >= 4 is 0 Å². The molecule has 1 heterocycles. The fourth-order valence-electron chi connectivity index (χ4n) is 1.80. The van der Waals surface area contributed by atoms with Gasteiger partial charge in [-0.05, 0) is 24.1 Å². The Kier molecular flexibility index (Phi) is 3.96. The van der Waals surface area contributed by atoms with Crippen LogP contribution in [0.25, 0.3) is 0 Å². The molecule has 17 heavy (non-hydrogen) atoms. The number of aryl methyl sites for hydroxylation is 2. The molecule has 0 fully saturated rings. The highest BCUT2D eigenvalue weighted by molar-refractivity contribution is 5.16. The normalized spacial score (nSPS) is 10.7. The number of aromatic nitrogens is 1. The third kappa shape index (κ3) is 3.44. The van der Waals surface area contributed by atoms with E-state index in [9.17, 15) is 0 Å². The molecule has 0 unspecified atom stereocenters. The monoisotopic (exact) mass is 230 g/mol. The zero-order valence-corrected chi connectivity index (χ0v) is 10.3. The molecule has 2 aromatic rings. The van der Waals surface area contributed by atoms with Gasteiger partial charge in [0.1, 0.15) is 0 Å². The van der Waals surface area contributed by atoms with Gasteiger partial charge in [0, 0.05) is 18.9 Å². The summed E-state index contributed by atoms with van der Waals surface area (Å²) >= 11 is 0. The molecule has 0 radical (unpaired) electrons. The largest absolute Gasteiger partial charge is 0.353 e. The molecule has 0 aliphatic rings. The van der Waals surface area contributed by atoms with Crippen molar-refractivity contribution in [2.45, 2.75) is 20.1 Å². The minimum atomic E-state index is 0.588. The molecular weight excluding hydrogens is 212 g/mol. The third-order valence-corrected chi connectivity index (χ3v) is 2.68. The first kappa shape index (κ1) is 11.9. The van der Waals surface area contributed by atoms with Crippen LogP contribution in [0, 0.1) is 6.92 Å². The lowest BCUT2D eigenvalue weighted by Gasteiger charge is -2.06. The smallest absolute Gasteiger partial charge is 0.0933 e. The summed E-state index contributed by atoms with van der Waals surface area (Å²) in [4.78, 5) is 5.42. The van der Waals surface area contributed by atoms with E-state index in [0.29, 0.717) is 6.61 Å². The summed E-state index contributed by atoms with van der Waals surface area (Å²) in [6.07, 6.45) is 2.11. The fourth-order valence-corrected chi connectivity index (χ4v) is 1.80. The Hall–Kier alpha value is -1.58. The van der Waals surface area contributed by atoms with Crippen molar-refractivity contribution in [2.75, 3.05) is 0 Å². The second kappa shape index (κ2) is 5.66. The third-order valence-electron chi connectivity index (χ3n) is 2.68. The van der Waals surface area contributed by atoms with Crippen LogP contribution in [0.5, 0.6) is 0 Å². The van der Waals surface area contributed by atoms with Crippen molar-refractivity contribution in [2.24, 2.45) is 7.05 Å². The molecular formula is C14H18N2O. The lowest BCUT2D eigenvalue weighted by atomic mass is 10.2. The van der Waals surface area contributed by atoms with Gasteiger partial charge >= 0.3 is 0 Å². The standard InChI is InChI=1S/C14H18N2O/c1-12-8-14(16(2)10-12)9-15-17-11-13-6-4-3-5-7-13/h3-8,10,15H,9,11H2,1-2H3. The van der Waals surface area contributed by atoms with Gasteiger partial charge in [-0.2, -0.15) is 5.48 Å². The summed E-state index contributed by atoms with van der Waals surface area (Å²) in [6.45, 7) is 3.40. The number of rotatable bonds is 5. The summed E-state index contributed by atoms with van der Waals surface area (Å²) in [6, 6.07) is 12.3. The van der Waals surface area contributed by atoms with E-state index >= 15 is 0 Å². The van der Waals surface area contributed by atoms with Crippen LogP contribution in [0.4, 0.5) is 0 Å². The quantitative estimate of drug-likeness (QED) is 0.631. The van der Waals surface area contributed by atoms with E-state index in [4.69, 9.17) is 4.84 Å². The molecule has 3 heteroatoms. The van der Waals surface area contributed by atoms with E-state index < -0.39 is 0 Å². The Labute approximate surface area is 102 Å². The topological polar surface area (TPSA) is 26.2 Å². The molecule has 1 N–H and O–H groups in total. The molecule has 0 spiro atoms. The highest BCUT2D eigenvalue weighted by atomic mass is 16.6. The summed E-state index contributed by atoms with van der Waals surface area (Å²) < 4.78 is 2.11. The predicted molar refractivity (Wildman–Crippen MR) is 68.2 cm³/mol. The van der Waals surface area contributed by atoms with Crippen LogP contribution < -0.4 is 5.48 Å². The van der Waals surface area contributed by atoms with Gasteiger partial charge in [-0.1, -0.05) is 30.3 Å². The molecule has 3 nitrogen and oxygen atoms in total. The second-order valence-electron chi connectivity index (χ2n) is 4.22. The van der Waals surface area contributed by atoms with Crippen LogP contribution in [0.15, 0.2) is 42.6 Å².